The lowest BCUT2D eigenvalue weighted by Gasteiger charge is -2.24. The van der Waals surface area contributed by atoms with Crippen LogP contribution in [0.4, 0.5) is 0 Å². The Hall–Kier alpha value is -2.66. The van der Waals surface area contributed by atoms with Crippen molar-refractivity contribution in [3.8, 4) is 0 Å². The van der Waals surface area contributed by atoms with E-state index in [0.29, 0.717) is 24.6 Å². The minimum atomic E-state index is -0.368. The summed E-state index contributed by atoms with van der Waals surface area (Å²) < 4.78 is 4.68. The number of carbonyl (C=O) groups excluding carboxylic acids is 2. The summed E-state index contributed by atoms with van der Waals surface area (Å²) >= 11 is 0. The third kappa shape index (κ3) is 5.92. The number of esters is 1. The molecule has 1 N–H and O–H groups in total. The second kappa shape index (κ2) is 10.0. The van der Waals surface area contributed by atoms with Crippen LogP contribution in [-0.4, -0.2) is 37.0 Å². The van der Waals surface area contributed by atoms with E-state index < -0.39 is 0 Å². The summed E-state index contributed by atoms with van der Waals surface area (Å²) in [5.41, 5.74) is 3.93. The lowest BCUT2D eigenvalue weighted by molar-refractivity contribution is -0.125. The minimum Gasteiger partial charge on any atom is -0.465 e. The Labute approximate surface area is 167 Å². The van der Waals surface area contributed by atoms with Gasteiger partial charge in [-0.3, -0.25) is 9.69 Å². The van der Waals surface area contributed by atoms with E-state index in [1.54, 1.807) is 12.1 Å². The van der Waals surface area contributed by atoms with Gasteiger partial charge in [-0.1, -0.05) is 50.2 Å². The number of carbonyl (C=O) groups is 2. The normalized spacial score (nSPS) is 12.1. The first kappa shape index (κ1) is 21.6. The number of hydrogen-bond donors (Lipinski definition) is 1. The largest absolute Gasteiger partial charge is 0.465 e. The van der Waals surface area contributed by atoms with Gasteiger partial charge >= 0.3 is 5.97 Å². The smallest absolute Gasteiger partial charge is 0.337 e. The highest BCUT2D eigenvalue weighted by atomic mass is 16.5. The lowest BCUT2D eigenvalue weighted by Crippen LogP contribution is -2.42. The van der Waals surface area contributed by atoms with Crippen molar-refractivity contribution in [3.05, 3.63) is 70.8 Å². The maximum atomic E-state index is 12.5. The minimum absolute atomic E-state index is 0.0293. The summed E-state index contributed by atoms with van der Waals surface area (Å²) in [4.78, 5) is 26.0. The first-order valence-electron chi connectivity index (χ1n) is 9.56. The number of hydrogen-bond acceptors (Lipinski definition) is 4. The first-order valence-corrected chi connectivity index (χ1v) is 9.56. The number of nitrogens with one attached hydrogen (secondary N) is 1. The fraction of sp³-hybridized carbons (Fsp3) is 0.391. The standard InChI is InChI=1S/C23H30N2O3/c1-16(2)20-10-8-19(9-11-20)15-25(4)17(3)22(26)24-14-18-6-12-21(13-7-18)23(27)28-5/h6-13,16-17H,14-15H2,1-5H3,(H,24,26). The Balaban J connectivity index is 1.86. The predicted molar refractivity (Wildman–Crippen MR) is 111 cm³/mol. The number of benzene rings is 2. The Morgan fingerprint density at radius 1 is 0.964 bits per heavy atom. The average Bonchev–Trinajstić information content (AvgIpc) is 2.71. The number of amides is 1. The average molecular weight is 383 g/mol. The molecular weight excluding hydrogens is 352 g/mol. The Morgan fingerprint density at radius 2 is 1.54 bits per heavy atom. The molecule has 1 unspecified atom stereocenters. The van der Waals surface area contributed by atoms with E-state index in [1.165, 1.54) is 18.2 Å². The van der Waals surface area contributed by atoms with Gasteiger partial charge in [-0.25, -0.2) is 4.79 Å². The summed E-state index contributed by atoms with van der Waals surface area (Å²) in [6.45, 7) is 7.38. The van der Waals surface area contributed by atoms with Crippen molar-refractivity contribution < 1.29 is 14.3 Å². The van der Waals surface area contributed by atoms with Crippen molar-refractivity contribution in [2.45, 2.75) is 45.8 Å². The summed E-state index contributed by atoms with van der Waals surface area (Å²) in [6, 6.07) is 15.3. The number of nitrogens with zero attached hydrogens (tertiary/aromatic N) is 1. The first-order chi connectivity index (χ1) is 13.3. The van der Waals surface area contributed by atoms with Crippen LogP contribution in [0.3, 0.4) is 0 Å². The Kier molecular flexibility index (Phi) is 7.76. The third-order valence-corrected chi connectivity index (χ3v) is 4.96. The molecule has 0 saturated heterocycles. The SMILES string of the molecule is COC(=O)c1ccc(CNC(=O)C(C)N(C)Cc2ccc(C(C)C)cc2)cc1. The van der Waals surface area contributed by atoms with Crippen molar-refractivity contribution >= 4 is 11.9 Å². The number of methoxy groups -OCH3 is 1. The highest BCUT2D eigenvalue weighted by Gasteiger charge is 2.18. The molecule has 2 aromatic rings. The number of likely N-dealkylation sites (N-methyl/N-ethyl adjacent to an activating group) is 1. The summed E-state index contributed by atoms with van der Waals surface area (Å²) in [6.07, 6.45) is 0. The van der Waals surface area contributed by atoms with Crippen LogP contribution in [0.15, 0.2) is 48.5 Å². The van der Waals surface area contributed by atoms with Crippen LogP contribution >= 0.6 is 0 Å². The molecule has 0 bridgehead atoms. The van der Waals surface area contributed by atoms with Crippen molar-refractivity contribution in [1.82, 2.24) is 10.2 Å². The van der Waals surface area contributed by atoms with Crippen molar-refractivity contribution in [1.29, 1.82) is 0 Å². The molecule has 1 amide bonds. The van der Waals surface area contributed by atoms with Gasteiger partial charge in [-0.05, 0) is 48.7 Å². The maximum Gasteiger partial charge on any atom is 0.337 e. The Bertz CT molecular complexity index is 782. The van der Waals surface area contributed by atoms with Gasteiger partial charge in [0.05, 0.1) is 18.7 Å². The zero-order valence-corrected chi connectivity index (χ0v) is 17.4. The second-order valence-electron chi connectivity index (χ2n) is 7.39. The Morgan fingerprint density at radius 3 is 2.07 bits per heavy atom. The van der Waals surface area contributed by atoms with Crippen LogP contribution < -0.4 is 5.32 Å². The molecule has 0 radical (unpaired) electrons. The topological polar surface area (TPSA) is 58.6 Å². The van der Waals surface area contributed by atoms with E-state index in [9.17, 15) is 9.59 Å². The van der Waals surface area contributed by atoms with Crippen molar-refractivity contribution in [2.75, 3.05) is 14.2 Å². The molecule has 1 atom stereocenters. The zero-order chi connectivity index (χ0) is 20.7. The van der Waals surface area contributed by atoms with Gasteiger partial charge in [0.1, 0.15) is 0 Å². The molecule has 0 saturated carbocycles. The molecule has 0 fully saturated rings. The van der Waals surface area contributed by atoms with Crippen LogP contribution in [0, 0.1) is 0 Å². The van der Waals surface area contributed by atoms with Crippen LogP contribution in [0.2, 0.25) is 0 Å². The molecule has 0 aliphatic carbocycles. The van der Waals surface area contributed by atoms with Gasteiger partial charge in [-0.15, -0.1) is 0 Å². The van der Waals surface area contributed by atoms with Crippen LogP contribution in [0.5, 0.6) is 0 Å². The summed E-state index contributed by atoms with van der Waals surface area (Å²) in [5.74, 6) is 0.115. The summed E-state index contributed by atoms with van der Waals surface area (Å²) in [7, 11) is 3.30. The van der Waals surface area contributed by atoms with Crippen LogP contribution in [0.25, 0.3) is 0 Å². The van der Waals surface area contributed by atoms with E-state index in [2.05, 4.69) is 48.2 Å². The molecular formula is C23H30N2O3. The molecule has 0 spiro atoms. The van der Waals surface area contributed by atoms with Gasteiger partial charge in [0, 0.05) is 13.1 Å². The van der Waals surface area contributed by atoms with Gasteiger partial charge in [0.2, 0.25) is 5.91 Å². The molecule has 0 aromatic heterocycles. The van der Waals surface area contributed by atoms with Gasteiger partial charge < -0.3 is 10.1 Å². The van der Waals surface area contributed by atoms with E-state index in [-0.39, 0.29) is 17.9 Å². The highest BCUT2D eigenvalue weighted by Crippen LogP contribution is 2.16. The maximum absolute atomic E-state index is 12.5. The van der Waals surface area contributed by atoms with Gasteiger partial charge in [-0.2, -0.15) is 0 Å². The van der Waals surface area contributed by atoms with Crippen LogP contribution in [0.1, 0.15) is 53.7 Å². The molecule has 0 heterocycles. The fourth-order valence-electron chi connectivity index (χ4n) is 2.85. The van der Waals surface area contributed by atoms with Crippen molar-refractivity contribution in [2.24, 2.45) is 0 Å². The van der Waals surface area contributed by atoms with E-state index >= 15 is 0 Å². The highest BCUT2D eigenvalue weighted by molar-refractivity contribution is 5.89. The molecule has 28 heavy (non-hydrogen) atoms. The fourth-order valence-corrected chi connectivity index (χ4v) is 2.85. The second-order valence-corrected chi connectivity index (χ2v) is 7.39. The van der Waals surface area contributed by atoms with E-state index in [4.69, 9.17) is 0 Å². The van der Waals surface area contributed by atoms with Gasteiger partial charge in [0.15, 0.2) is 0 Å². The summed E-state index contributed by atoms with van der Waals surface area (Å²) in [5, 5.41) is 2.96. The number of rotatable bonds is 8. The van der Waals surface area contributed by atoms with Gasteiger partial charge in [0.25, 0.3) is 0 Å². The van der Waals surface area contributed by atoms with Crippen LogP contribution in [-0.2, 0) is 22.6 Å². The lowest BCUT2D eigenvalue weighted by atomic mass is 10.0. The molecule has 2 rings (SSSR count). The molecule has 5 nitrogen and oxygen atoms in total. The number of ether oxygens (including phenoxy) is 1. The molecule has 0 aliphatic heterocycles. The monoisotopic (exact) mass is 382 g/mol. The van der Waals surface area contributed by atoms with E-state index in [1.807, 2.05) is 31.0 Å². The molecule has 2 aromatic carbocycles. The van der Waals surface area contributed by atoms with E-state index in [0.717, 1.165) is 5.56 Å². The predicted octanol–water partition coefficient (Wildman–Crippen LogP) is 3.73. The molecule has 0 aliphatic rings. The zero-order valence-electron chi connectivity index (χ0n) is 17.4. The van der Waals surface area contributed by atoms with Crippen molar-refractivity contribution in [3.63, 3.8) is 0 Å². The molecule has 5 heteroatoms. The molecule has 150 valence electrons. The third-order valence-electron chi connectivity index (χ3n) is 4.96. The quantitative estimate of drug-likeness (QED) is 0.707.